The van der Waals surface area contributed by atoms with Crippen LogP contribution in [0.1, 0.15) is 52.7 Å². The van der Waals surface area contributed by atoms with Crippen LogP contribution in [0.4, 0.5) is 0 Å². The number of fused-ring (bicyclic) bond motifs is 2. The maximum absolute atomic E-state index is 13.0. The van der Waals surface area contributed by atoms with Gasteiger partial charge in [0.25, 0.3) is 0 Å². The summed E-state index contributed by atoms with van der Waals surface area (Å²) in [5.41, 5.74) is 2.77. The smallest absolute Gasteiger partial charge is 0.320 e. The summed E-state index contributed by atoms with van der Waals surface area (Å²) in [7, 11) is 0. The standard InChI is InChI=1S/C32H24O6/c1-19(22-11-8-12-24(17-22)29(33)21-9-4-3-5-10-21)31(35)38-32(36)20(2)23-15-16-28-26(18-23)30(34)25-13-6-7-14-27(25)37-28/h3-20H,1-2H3. The van der Waals surface area contributed by atoms with Crippen LogP contribution in [-0.2, 0) is 14.3 Å². The number of ether oxygens (including phenoxy) is 1. The summed E-state index contributed by atoms with van der Waals surface area (Å²) >= 11 is 0. The summed E-state index contributed by atoms with van der Waals surface area (Å²) in [6, 6.07) is 27.5. The van der Waals surface area contributed by atoms with Gasteiger partial charge in [-0.15, -0.1) is 0 Å². The zero-order valence-electron chi connectivity index (χ0n) is 20.8. The number of benzene rings is 4. The average molecular weight is 505 g/mol. The van der Waals surface area contributed by atoms with Gasteiger partial charge in [0.1, 0.15) is 11.2 Å². The van der Waals surface area contributed by atoms with E-state index in [1.807, 2.05) is 6.07 Å². The van der Waals surface area contributed by atoms with Crippen LogP contribution >= 0.6 is 0 Å². The SMILES string of the molecule is CC(C(=O)OC(=O)C(C)c1ccc2oc3ccccc3c(=O)c2c1)c1cccc(C(=O)c2ccccc2)c1. The zero-order chi connectivity index (χ0) is 26.8. The molecule has 2 atom stereocenters. The van der Waals surface area contributed by atoms with Gasteiger partial charge in [-0.05, 0) is 55.3 Å². The predicted molar refractivity (Wildman–Crippen MR) is 144 cm³/mol. The van der Waals surface area contributed by atoms with Gasteiger partial charge in [0, 0.05) is 11.1 Å². The molecule has 6 nitrogen and oxygen atoms in total. The Kier molecular flexibility index (Phi) is 6.71. The minimum absolute atomic E-state index is 0.161. The highest BCUT2D eigenvalue weighted by molar-refractivity contribution is 6.09. The fourth-order valence-corrected chi connectivity index (χ4v) is 4.34. The van der Waals surface area contributed by atoms with Crippen LogP contribution in [0.15, 0.2) is 106 Å². The van der Waals surface area contributed by atoms with E-state index in [2.05, 4.69) is 0 Å². The van der Waals surface area contributed by atoms with Gasteiger partial charge < -0.3 is 9.15 Å². The number of para-hydroxylation sites is 1. The molecule has 0 saturated heterocycles. The van der Waals surface area contributed by atoms with Crippen molar-refractivity contribution in [1.82, 2.24) is 0 Å². The topological polar surface area (TPSA) is 90.7 Å². The van der Waals surface area contributed by atoms with Crippen LogP contribution in [0.3, 0.4) is 0 Å². The van der Waals surface area contributed by atoms with E-state index in [0.717, 1.165) is 0 Å². The molecule has 0 aliphatic heterocycles. The molecule has 0 bridgehead atoms. The van der Waals surface area contributed by atoms with E-state index < -0.39 is 23.8 Å². The molecule has 38 heavy (non-hydrogen) atoms. The van der Waals surface area contributed by atoms with Crippen LogP contribution in [0.5, 0.6) is 0 Å². The molecule has 5 aromatic rings. The van der Waals surface area contributed by atoms with Gasteiger partial charge in [-0.1, -0.05) is 66.7 Å². The molecule has 0 N–H and O–H groups in total. The molecule has 0 radical (unpaired) electrons. The Labute approximate surface area is 218 Å². The maximum Gasteiger partial charge on any atom is 0.320 e. The monoisotopic (exact) mass is 504 g/mol. The van der Waals surface area contributed by atoms with Crippen molar-refractivity contribution >= 4 is 39.7 Å². The summed E-state index contributed by atoms with van der Waals surface area (Å²) in [5, 5.41) is 0.796. The van der Waals surface area contributed by atoms with Gasteiger partial charge >= 0.3 is 11.9 Å². The van der Waals surface area contributed by atoms with E-state index in [0.29, 0.717) is 44.2 Å². The lowest BCUT2D eigenvalue weighted by Gasteiger charge is -2.15. The van der Waals surface area contributed by atoms with Gasteiger partial charge in [0.2, 0.25) is 5.43 Å². The summed E-state index contributed by atoms with van der Waals surface area (Å²) in [5.74, 6) is -3.19. The third kappa shape index (κ3) is 4.76. The van der Waals surface area contributed by atoms with E-state index in [1.54, 1.807) is 105 Å². The highest BCUT2D eigenvalue weighted by Crippen LogP contribution is 2.26. The molecule has 0 saturated carbocycles. The fraction of sp³-hybridized carbons (Fsp3) is 0.125. The molecule has 4 aromatic carbocycles. The Bertz CT molecular complexity index is 1750. The van der Waals surface area contributed by atoms with Crippen LogP contribution in [0, 0.1) is 0 Å². The van der Waals surface area contributed by atoms with Crippen molar-refractivity contribution in [3.05, 3.63) is 130 Å². The molecule has 0 aliphatic rings. The number of hydrogen-bond acceptors (Lipinski definition) is 6. The summed E-state index contributed by atoms with van der Waals surface area (Å²) < 4.78 is 11.0. The zero-order valence-corrected chi connectivity index (χ0v) is 20.8. The average Bonchev–Trinajstić information content (AvgIpc) is 2.96. The quantitative estimate of drug-likeness (QED) is 0.119. The Morgan fingerprint density at radius 1 is 0.632 bits per heavy atom. The molecule has 5 rings (SSSR count). The fourth-order valence-electron chi connectivity index (χ4n) is 4.34. The van der Waals surface area contributed by atoms with Gasteiger partial charge in [-0.2, -0.15) is 0 Å². The van der Waals surface area contributed by atoms with Crippen molar-refractivity contribution in [1.29, 1.82) is 0 Å². The first kappa shape index (κ1) is 24.8. The second-order valence-electron chi connectivity index (χ2n) is 9.19. The Hall–Kier alpha value is -4.84. The highest BCUT2D eigenvalue weighted by Gasteiger charge is 2.25. The summed E-state index contributed by atoms with van der Waals surface area (Å²) in [6.45, 7) is 3.24. The Morgan fingerprint density at radius 3 is 1.97 bits per heavy atom. The summed E-state index contributed by atoms with van der Waals surface area (Å²) in [6.07, 6.45) is 0. The number of ketones is 1. The first-order valence-corrected chi connectivity index (χ1v) is 12.2. The molecular weight excluding hydrogens is 480 g/mol. The number of hydrogen-bond donors (Lipinski definition) is 0. The van der Waals surface area contributed by atoms with Crippen LogP contribution in [0.2, 0.25) is 0 Å². The molecule has 0 amide bonds. The molecule has 1 heterocycles. The minimum atomic E-state index is -0.799. The van der Waals surface area contributed by atoms with Crippen molar-refractivity contribution in [2.45, 2.75) is 25.7 Å². The molecule has 6 heteroatoms. The van der Waals surface area contributed by atoms with Crippen molar-refractivity contribution < 1.29 is 23.5 Å². The minimum Gasteiger partial charge on any atom is -0.456 e. The molecular formula is C32H24O6. The number of rotatable bonds is 6. The third-order valence-electron chi connectivity index (χ3n) is 6.69. The molecule has 0 aliphatic carbocycles. The number of carbonyl (C=O) groups excluding carboxylic acids is 3. The van der Waals surface area contributed by atoms with E-state index in [4.69, 9.17) is 9.15 Å². The van der Waals surface area contributed by atoms with Gasteiger partial charge in [-0.25, -0.2) is 0 Å². The molecule has 0 spiro atoms. The van der Waals surface area contributed by atoms with E-state index in [9.17, 15) is 19.2 Å². The van der Waals surface area contributed by atoms with Gasteiger partial charge in [0.05, 0.1) is 22.6 Å². The molecule has 0 fully saturated rings. The highest BCUT2D eigenvalue weighted by atomic mass is 16.6. The van der Waals surface area contributed by atoms with Crippen molar-refractivity contribution in [2.24, 2.45) is 0 Å². The van der Waals surface area contributed by atoms with Crippen LogP contribution in [0.25, 0.3) is 21.9 Å². The third-order valence-corrected chi connectivity index (χ3v) is 6.69. The van der Waals surface area contributed by atoms with Crippen molar-refractivity contribution in [3.63, 3.8) is 0 Å². The first-order valence-electron chi connectivity index (χ1n) is 12.2. The van der Waals surface area contributed by atoms with Gasteiger partial charge in [0.15, 0.2) is 5.78 Å². The second kappa shape index (κ2) is 10.3. The first-order chi connectivity index (χ1) is 18.3. The van der Waals surface area contributed by atoms with Gasteiger partial charge in [-0.3, -0.25) is 19.2 Å². The van der Waals surface area contributed by atoms with E-state index >= 15 is 0 Å². The number of carbonyl (C=O) groups is 3. The normalized spacial score (nSPS) is 12.7. The lowest BCUT2D eigenvalue weighted by atomic mass is 9.95. The van der Waals surface area contributed by atoms with E-state index in [-0.39, 0.29) is 11.2 Å². The second-order valence-corrected chi connectivity index (χ2v) is 9.19. The molecule has 188 valence electrons. The van der Waals surface area contributed by atoms with Crippen molar-refractivity contribution in [2.75, 3.05) is 0 Å². The largest absolute Gasteiger partial charge is 0.456 e. The van der Waals surface area contributed by atoms with Crippen LogP contribution < -0.4 is 5.43 Å². The van der Waals surface area contributed by atoms with E-state index in [1.165, 1.54) is 0 Å². The Balaban J connectivity index is 1.33. The Morgan fingerprint density at radius 2 is 1.24 bits per heavy atom. The van der Waals surface area contributed by atoms with Crippen molar-refractivity contribution in [3.8, 4) is 0 Å². The number of esters is 2. The van der Waals surface area contributed by atoms with Crippen LogP contribution in [-0.4, -0.2) is 17.7 Å². The lowest BCUT2D eigenvalue weighted by Crippen LogP contribution is -2.22. The maximum atomic E-state index is 13.0. The molecule has 1 aromatic heterocycles. The predicted octanol–water partition coefficient (Wildman–Crippen LogP) is 6.15. The summed E-state index contributed by atoms with van der Waals surface area (Å²) in [4.78, 5) is 51.5. The molecule has 2 unspecified atom stereocenters. The lowest BCUT2D eigenvalue weighted by molar-refractivity contribution is -0.161.